The number of nitrogens with zero attached hydrogens (tertiary/aromatic N) is 3. The molecule has 7 heteroatoms. The van der Waals surface area contributed by atoms with Crippen LogP contribution in [0.3, 0.4) is 0 Å². The number of hydrogen-bond donors (Lipinski definition) is 1. The van der Waals surface area contributed by atoms with Crippen molar-refractivity contribution in [2.24, 2.45) is 0 Å². The monoisotopic (exact) mass is 267 g/mol. The van der Waals surface area contributed by atoms with Crippen LogP contribution in [0.4, 0.5) is 5.82 Å². The van der Waals surface area contributed by atoms with Gasteiger partial charge in [0, 0.05) is 12.7 Å². The maximum absolute atomic E-state index is 11.7. The Morgan fingerprint density at radius 3 is 3.28 bits per heavy atom. The Balaban J connectivity index is 2.20. The maximum Gasteiger partial charge on any atom is 0.333 e. The van der Waals surface area contributed by atoms with Crippen molar-refractivity contribution in [3.05, 3.63) is 24.7 Å². The highest BCUT2D eigenvalue weighted by atomic mass is 31.1. The van der Waals surface area contributed by atoms with Crippen LogP contribution in [0.1, 0.15) is 18.7 Å². The van der Waals surface area contributed by atoms with Gasteiger partial charge in [0.15, 0.2) is 5.82 Å². The summed E-state index contributed by atoms with van der Waals surface area (Å²) in [7, 11) is -0.815. The Bertz CT molecular complexity index is 455. The Kier molecular flexibility index (Phi) is 4.23. The molecule has 2 heterocycles. The third-order valence-corrected chi connectivity index (χ3v) is 3.10. The van der Waals surface area contributed by atoms with E-state index >= 15 is 0 Å². The summed E-state index contributed by atoms with van der Waals surface area (Å²) in [6, 6.07) is 1.37. The van der Waals surface area contributed by atoms with Crippen molar-refractivity contribution < 1.29 is 14.2 Å². The lowest BCUT2D eigenvalue weighted by atomic mass is 10.2. The average Bonchev–Trinajstić information content (AvgIpc) is 2.88. The molecular weight excluding hydrogens is 253 g/mol. The first-order valence-corrected chi connectivity index (χ1v) is 6.43. The van der Waals surface area contributed by atoms with Crippen molar-refractivity contribution in [3.8, 4) is 0 Å². The molecule has 6 nitrogen and oxygen atoms in total. The molecule has 1 aromatic heterocycles. The highest BCUT2D eigenvalue weighted by Gasteiger charge is 2.33. The molecule has 0 aromatic carbocycles. The van der Waals surface area contributed by atoms with Crippen LogP contribution >= 0.6 is 9.03 Å². The van der Waals surface area contributed by atoms with Crippen molar-refractivity contribution >= 4 is 26.9 Å². The van der Waals surface area contributed by atoms with Crippen molar-refractivity contribution in [2.45, 2.75) is 18.9 Å². The van der Waals surface area contributed by atoms with E-state index in [0.717, 1.165) is 13.0 Å². The average molecular weight is 267 g/mol. The topological polar surface area (TPSA) is 75.6 Å². The van der Waals surface area contributed by atoms with E-state index in [1.807, 2.05) is 4.90 Å². The summed E-state index contributed by atoms with van der Waals surface area (Å²) in [6.07, 6.45) is 4.79. The Hall–Kier alpha value is -1.52. The van der Waals surface area contributed by atoms with E-state index in [1.54, 1.807) is 18.3 Å². The molecule has 2 rings (SSSR count). The molecule has 1 aliphatic rings. The van der Waals surface area contributed by atoms with Gasteiger partial charge in [0.1, 0.15) is 11.9 Å². The summed E-state index contributed by atoms with van der Waals surface area (Å²) in [5.74, 6) is 0.795. The van der Waals surface area contributed by atoms with Gasteiger partial charge in [-0.2, -0.15) is 0 Å². The van der Waals surface area contributed by atoms with E-state index < -0.39 is 15.0 Å². The minimum absolute atomic E-state index is 0.378. The predicted molar refractivity (Wildman–Crippen MR) is 69.1 cm³/mol. The normalized spacial score (nSPS) is 19.4. The van der Waals surface area contributed by atoms with E-state index in [1.165, 1.54) is 0 Å². The predicted octanol–water partition coefficient (Wildman–Crippen LogP) is 1.13. The SMILES string of the molecule is C=Cc1nccc(N2CCCC2C(=O)OPO)n1. The molecule has 1 saturated heterocycles. The van der Waals surface area contributed by atoms with Crippen LogP contribution in [0, 0.1) is 0 Å². The van der Waals surface area contributed by atoms with Crippen molar-refractivity contribution in [1.29, 1.82) is 0 Å². The number of carbonyl (C=O) groups is 1. The lowest BCUT2D eigenvalue weighted by Gasteiger charge is -2.23. The van der Waals surface area contributed by atoms with Gasteiger partial charge in [-0.05, 0) is 25.0 Å². The molecule has 1 aromatic rings. The third kappa shape index (κ3) is 2.66. The maximum atomic E-state index is 11.7. The van der Waals surface area contributed by atoms with Gasteiger partial charge in [0.25, 0.3) is 0 Å². The zero-order chi connectivity index (χ0) is 13.0. The Morgan fingerprint density at radius 2 is 2.56 bits per heavy atom. The zero-order valence-electron chi connectivity index (χ0n) is 9.74. The van der Waals surface area contributed by atoms with Gasteiger partial charge >= 0.3 is 5.97 Å². The Morgan fingerprint density at radius 1 is 1.72 bits per heavy atom. The van der Waals surface area contributed by atoms with Crippen LogP contribution in [0.25, 0.3) is 6.08 Å². The van der Waals surface area contributed by atoms with Gasteiger partial charge in [-0.25, -0.2) is 14.8 Å². The number of aromatic nitrogens is 2. The fourth-order valence-electron chi connectivity index (χ4n) is 2.02. The van der Waals surface area contributed by atoms with E-state index in [2.05, 4.69) is 21.1 Å². The first-order chi connectivity index (χ1) is 8.76. The quantitative estimate of drug-likeness (QED) is 0.824. The summed E-state index contributed by atoms with van der Waals surface area (Å²) < 4.78 is 4.67. The van der Waals surface area contributed by atoms with E-state index in [9.17, 15) is 4.79 Å². The fraction of sp³-hybridized carbons (Fsp3) is 0.364. The number of hydrogen-bond acceptors (Lipinski definition) is 6. The zero-order valence-corrected chi connectivity index (χ0v) is 10.7. The molecular formula is C11H14N3O3P. The van der Waals surface area contributed by atoms with Crippen LogP contribution < -0.4 is 4.90 Å². The van der Waals surface area contributed by atoms with Gasteiger partial charge in [0.2, 0.25) is 9.03 Å². The Labute approximate surface area is 107 Å². The van der Waals surface area contributed by atoms with Crippen molar-refractivity contribution in [1.82, 2.24) is 9.97 Å². The van der Waals surface area contributed by atoms with Crippen LogP contribution in [-0.2, 0) is 9.32 Å². The minimum atomic E-state index is -0.815. The number of rotatable bonds is 4. The molecule has 1 aliphatic heterocycles. The van der Waals surface area contributed by atoms with Gasteiger partial charge < -0.3 is 14.3 Å². The molecule has 0 amide bonds. The summed E-state index contributed by atoms with van der Waals surface area (Å²) in [5.41, 5.74) is 0. The molecule has 0 spiro atoms. The summed E-state index contributed by atoms with van der Waals surface area (Å²) in [5, 5.41) is 0. The number of anilines is 1. The van der Waals surface area contributed by atoms with Gasteiger partial charge in [0.05, 0.1) is 0 Å². The van der Waals surface area contributed by atoms with E-state index in [0.29, 0.717) is 18.1 Å². The standard InChI is InChI=1S/C11H14N3O3P/c1-2-9-12-6-5-10(13-9)14-7-3-4-8(14)11(15)17-18-16/h2,5-6,8,16,18H,1,3-4,7H2. The minimum Gasteiger partial charge on any atom is -0.418 e. The summed E-state index contributed by atoms with van der Waals surface area (Å²) >= 11 is 0. The van der Waals surface area contributed by atoms with Gasteiger partial charge in [-0.1, -0.05) is 6.58 Å². The van der Waals surface area contributed by atoms with Crippen LogP contribution in [0.2, 0.25) is 0 Å². The molecule has 0 saturated carbocycles. The molecule has 1 fully saturated rings. The molecule has 2 unspecified atom stereocenters. The first kappa shape index (κ1) is 12.9. The highest BCUT2D eigenvalue weighted by molar-refractivity contribution is 7.25. The summed E-state index contributed by atoms with van der Waals surface area (Å²) in [6.45, 7) is 4.35. The molecule has 0 radical (unpaired) electrons. The molecule has 96 valence electrons. The van der Waals surface area contributed by atoms with Crippen molar-refractivity contribution in [2.75, 3.05) is 11.4 Å². The molecule has 2 atom stereocenters. The fourth-order valence-corrected chi connectivity index (χ4v) is 2.25. The van der Waals surface area contributed by atoms with Crippen LogP contribution in [0.5, 0.6) is 0 Å². The lowest BCUT2D eigenvalue weighted by molar-refractivity contribution is -0.135. The van der Waals surface area contributed by atoms with Crippen LogP contribution in [-0.4, -0.2) is 33.4 Å². The van der Waals surface area contributed by atoms with Crippen molar-refractivity contribution in [3.63, 3.8) is 0 Å². The third-order valence-electron chi connectivity index (χ3n) is 2.81. The molecule has 0 bridgehead atoms. The molecule has 0 aliphatic carbocycles. The van der Waals surface area contributed by atoms with Crippen LogP contribution in [0.15, 0.2) is 18.8 Å². The van der Waals surface area contributed by atoms with E-state index in [-0.39, 0.29) is 6.04 Å². The second kappa shape index (κ2) is 5.89. The number of carbonyl (C=O) groups excluding carboxylic acids is 1. The second-order valence-electron chi connectivity index (χ2n) is 3.84. The van der Waals surface area contributed by atoms with Gasteiger partial charge in [-0.15, -0.1) is 0 Å². The smallest absolute Gasteiger partial charge is 0.333 e. The molecule has 18 heavy (non-hydrogen) atoms. The van der Waals surface area contributed by atoms with E-state index in [4.69, 9.17) is 4.89 Å². The highest BCUT2D eigenvalue weighted by Crippen LogP contribution is 2.26. The lowest BCUT2D eigenvalue weighted by Crippen LogP contribution is -2.37. The summed E-state index contributed by atoms with van der Waals surface area (Å²) in [4.78, 5) is 30.6. The molecule has 1 N–H and O–H groups in total. The van der Waals surface area contributed by atoms with Gasteiger partial charge in [-0.3, -0.25) is 0 Å². The second-order valence-corrected chi connectivity index (χ2v) is 4.23. The largest absolute Gasteiger partial charge is 0.418 e. The first-order valence-electron chi connectivity index (χ1n) is 5.58.